The van der Waals surface area contributed by atoms with E-state index in [1.54, 1.807) is 30.3 Å². The molecule has 0 radical (unpaired) electrons. The molecule has 0 saturated carbocycles. The van der Waals surface area contributed by atoms with Gasteiger partial charge >= 0.3 is 0 Å². The van der Waals surface area contributed by atoms with Crippen LogP contribution in [0.5, 0.6) is 0 Å². The predicted octanol–water partition coefficient (Wildman–Crippen LogP) is 3.69. The van der Waals surface area contributed by atoms with Gasteiger partial charge in [0.05, 0.1) is 16.1 Å². The number of rotatable bonds is 3. The number of benzene rings is 2. The number of nitrogens with two attached hydrogens (primary N) is 1. The molecule has 94 valence electrons. The van der Waals surface area contributed by atoms with Crippen LogP contribution < -0.4 is 11.3 Å². The van der Waals surface area contributed by atoms with Crippen molar-refractivity contribution >= 4 is 23.2 Å². The average molecular weight is 285 g/mol. The molecule has 3 N–H and O–H groups in total. The molecule has 0 aliphatic heterocycles. The molecule has 1 atom stereocenters. The zero-order valence-electron chi connectivity index (χ0n) is 9.33. The van der Waals surface area contributed by atoms with Crippen LogP contribution in [-0.4, -0.2) is 0 Å². The van der Waals surface area contributed by atoms with Crippen LogP contribution in [0, 0.1) is 5.82 Å². The Morgan fingerprint density at radius 2 is 1.72 bits per heavy atom. The molecular weight excluding hydrogens is 274 g/mol. The van der Waals surface area contributed by atoms with E-state index in [9.17, 15) is 4.39 Å². The van der Waals surface area contributed by atoms with Crippen LogP contribution in [0.15, 0.2) is 42.5 Å². The smallest absolute Gasteiger partial charge is 0.123 e. The molecule has 0 saturated heterocycles. The van der Waals surface area contributed by atoms with Crippen molar-refractivity contribution in [1.29, 1.82) is 0 Å². The molecule has 0 heterocycles. The van der Waals surface area contributed by atoms with E-state index < -0.39 is 0 Å². The zero-order valence-corrected chi connectivity index (χ0v) is 10.8. The van der Waals surface area contributed by atoms with Gasteiger partial charge in [-0.05, 0) is 35.4 Å². The molecule has 0 bridgehead atoms. The highest BCUT2D eigenvalue weighted by molar-refractivity contribution is 6.42. The molecule has 0 fully saturated rings. The second kappa shape index (κ2) is 5.67. The van der Waals surface area contributed by atoms with Gasteiger partial charge in [0, 0.05) is 0 Å². The van der Waals surface area contributed by atoms with Gasteiger partial charge in [-0.2, -0.15) is 0 Å². The normalized spacial score (nSPS) is 12.4. The highest BCUT2D eigenvalue weighted by Gasteiger charge is 2.14. The van der Waals surface area contributed by atoms with Gasteiger partial charge in [-0.1, -0.05) is 41.4 Å². The van der Waals surface area contributed by atoms with Gasteiger partial charge in [0.25, 0.3) is 0 Å². The van der Waals surface area contributed by atoms with Crippen molar-refractivity contribution in [2.75, 3.05) is 0 Å². The minimum absolute atomic E-state index is 0.312. The summed E-state index contributed by atoms with van der Waals surface area (Å²) in [7, 11) is 0. The minimum atomic E-state index is -0.338. The average Bonchev–Trinajstić information content (AvgIpc) is 2.35. The van der Waals surface area contributed by atoms with E-state index in [0.29, 0.717) is 10.0 Å². The second-order valence-electron chi connectivity index (χ2n) is 3.83. The van der Waals surface area contributed by atoms with Crippen molar-refractivity contribution in [3.8, 4) is 0 Å². The Kier molecular flexibility index (Phi) is 4.19. The third kappa shape index (κ3) is 2.82. The molecule has 0 aliphatic carbocycles. The van der Waals surface area contributed by atoms with Crippen LogP contribution in [0.1, 0.15) is 17.2 Å². The maximum atomic E-state index is 13.2. The Morgan fingerprint density at radius 3 is 2.33 bits per heavy atom. The van der Waals surface area contributed by atoms with Gasteiger partial charge in [-0.25, -0.2) is 9.82 Å². The zero-order chi connectivity index (χ0) is 13.1. The molecule has 18 heavy (non-hydrogen) atoms. The van der Waals surface area contributed by atoms with Crippen LogP contribution in [0.25, 0.3) is 0 Å². The number of hydrazine groups is 1. The van der Waals surface area contributed by atoms with E-state index in [1.807, 2.05) is 0 Å². The lowest BCUT2D eigenvalue weighted by molar-refractivity contribution is 0.605. The molecule has 5 heteroatoms. The molecule has 1 unspecified atom stereocenters. The number of hydrogen-bond acceptors (Lipinski definition) is 2. The van der Waals surface area contributed by atoms with Gasteiger partial charge < -0.3 is 0 Å². The Balaban J connectivity index is 2.42. The highest BCUT2D eigenvalue weighted by Crippen LogP contribution is 2.28. The molecule has 2 rings (SSSR count). The van der Waals surface area contributed by atoms with Crippen molar-refractivity contribution in [3.05, 3.63) is 69.5 Å². The van der Waals surface area contributed by atoms with Gasteiger partial charge in [-0.3, -0.25) is 5.84 Å². The van der Waals surface area contributed by atoms with Crippen molar-refractivity contribution in [2.45, 2.75) is 6.04 Å². The van der Waals surface area contributed by atoms with E-state index >= 15 is 0 Å². The molecule has 0 amide bonds. The summed E-state index contributed by atoms with van der Waals surface area (Å²) in [6, 6.07) is 11.1. The lowest BCUT2D eigenvalue weighted by Gasteiger charge is -2.17. The van der Waals surface area contributed by atoms with Crippen molar-refractivity contribution in [2.24, 2.45) is 5.84 Å². The molecule has 2 aromatic rings. The second-order valence-corrected chi connectivity index (χ2v) is 4.64. The standard InChI is InChI=1S/C13H11Cl2FN2/c14-11-5-4-9(7-12(11)15)13(18-17)8-2-1-3-10(16)6-8/h1-7,13,18H,17H2. The lowest BCUT2D eigenvalue weighted by Crippen LogP contribution is -2.28. The fraction of sp³-hybridized carbons (Fsp3) is 0.0769. The van der Waals surface area contributed by atoms with Gasteiger partial charge in [0.2, 0.25) is 0 Å². The summed E-state index contributed by atoms with van der Waals surface area (Å²) in [6.45, 7) is 0. The first-order valence-electron chi connectivity index (χ1n) is 5.28. The maximum absolute atomic E-state index is 13.2. The molecular formula is C13H11Cl2FN2. The van der Waals surface area contributed by atoms with Crippen LogP contribution in [0.3, 0.4) is 0 Å². The van der Waals surface area contributed by atoms with Gasteiger partial charge in [0.1, 0.15) is 5.82 Å². The summed E-state index contributed by atoms with van der Waals surface area (Å²) in [6.07, 6.45) is 0. The fourth-order valence-corrected chi connectivity index (χ4v) is 2.07. The van der Waals surface area contributed by atoms with Gasteiger partial charge in [-0.15, -0.1) is 0 Å². The number of hydrogen-bond donors (Lipinski definition) is 2. The van der Waals surface area contributed by atoms with E-state index in [4.69, 9.17) is 29.0 Å². The maximum Gasteiger partial charge on any atom is 0.123 e. The van der Waals surface area contributed by atoms with Gasteiger partial charge in [0.15, 0.2) is 0 Å². The van der Waals surface area contributed by atoms with Crippen molar-refractivity contribution in [1.82, 2.24) is 5.43 Å². The first-order chi connectivity index (χ1) is 8.61. The van der Waals surface area contributed by atoms with E-state index in [0.717, 1.165) is 11.1 Å². The summed E-state index contributed by atoms with van der Waals surface area (Å²) in [4.78, 5) is 0. The summed E-state index contributed by atoms with van der Waals surface area (Å²) >= 11 is 11.8. The first kappa shape index (κ1) is 13.3. The first-order valence-corrected chi connectivity index (χ1v) is 6.04. The van der Waals surface area contributed by atoms with Crippen molar-refractivity contribution < 1.29 is 4.39 Å². The van der Waals surface area contributed by atoms with E-state index in [-0.39, 0.29) is 11.9 Å². The summed E-state index contributed by atoms with van der Waals surface area (Å²) < 4.78 is 13.2. The van der Waals surface area contributed by atoms with Crippen LogP contribution in [0.4, 0.5) is 4.39 Å². The Bertz CT molecular complexity index is 560. The fourth-order valence-electron chi connectivity index (χ4n) is 1.76. The molecule has 2 nitrogen and oxygen atoms in total. The van der Waals surface area contributed by atoms with Crippen LogP contribution in [0.2, 0.25) is 10.0 Å². The molecule has 2 aromatic carbocycles. The Morgan fingerprint density at radius 1 is 1.00 bits per heavy atom. The number of halogens is 3. The summed E-state index contributed by atoms with van der Waals surface area (Å²) in [5.74, 6) is 5.21. The Hall–Kier alpha value is -1.13. The van der Waals surface area contributed by atoms with E-state index in [2.05, 4.69) is 5.43 Å². The SMILES string of the molecule is NNC(c1cccc(F)c1)c1ccc(Cl)c(Cl)c1. The summed E-state index contributed by atoms with van der Waals surface area (Å²) in [5.41, 5.74) is 4.18. The molecule has 0 aromatic heterocycles. The van der Waals surface area contributed by atoms with Crippen LogP contribution >= 0.6 is 23.2 Å². The Labute approximate surface area is 114 Å². The largest absolute Gasteiger partial charge is 0.271 e. The lowest BCUT2D eigenvalue weighted by atomic mass is 9.99. The molecule has 0 aliphatic rings. The number of nitrogens with one attached hydrogen (secondary N) is 1. The third-order valence-corrected chi connectivity index (χ3v) is 3.36. The predicted molar refractivity (Wildman–Crippen MR) is 72.0 cm³/mol. The van der Waals surface area contributed by atoms with E-state index in [1.165, 1.54) is 12.1 Å². The molecule has 0 spiro atoms. The topological polar surface area (TPSA) is 38.0 Å². The quantitative estimate of drug-likeness (QED) is 0.666. The van der Waals surface area contributed by atoms with Crippen molar-refractivity contribution in [3.63, 3.8) is 0 Å². The third-order valence-electron chi connectivity index (χ3n) is 2.63. The van der Waals surface area contributed by atoms with Crippen LogP contribution in [-0.2, 0) is 0 Å². The summed E-state index contributed by atoms with van der Waals surface area (Å²) in [5, 5.41) is 0.904. The monoisotopic (exact) mass is 284 g/mol. The highest BCUT2D eigenvalue weighted by atomic mass is 35.5. The minimum Gasteiger partial charge on any atom is -0.271 e.